The Labute approximate surface area is 140 Å². The molecule has 4 nitrogen and oxygen atoms in total. The van der Waals surface area contributed by atoms with Gasteiger partial charge in [0.25, 0.3) is 0 Å². The minimum absolute atomic E-state index is 0. The van der Waals surface area contributed by atoms with Crippen LogP contribution in [0.2, 0.25) is 10.0 Å². The molecule has 7 heteroatoms. The molecule has 108 valence electrons. The van der Waals surface area contributed by atoms with Crippen LogP contribution in [0.15, 0.2) is 23.2 Å². The Morgan fingerprint density at radius 3 is 2.68 bits per heavy atom. The second kappa shape index (κ2) is 10.4. The summed E-state index contributed by atoms with van der Waals surface area (Å²) in [6.07, 6.45) is 0.847. The predicted octanol–water partition coefficient (Wildman–Crippen LogP) is 3.18. The quantitative estimate of drug-likeness (QED) is 0.334. The van der Waals surface area contributed by atoms with Crippen molar-refractivity contribution in [3.05, 3.63) is 28.2 Å². The first-order chi connectivity index (χ1) is 8.67. The first-order valence-electron chi connectivity index (χ1n) is 5.63. The van der Waals surface area contributed by atoms with Gasteiger partial charge in [-0.1, -0.05) is 23.2 Å². The van der Waals surface area contributed by atoms with Gasteiger partial charge in [-0.2, -0.15) is 0 Å². The van der Waals surface area contributed by atoms with Crippen LogP contribution < -0.4 is 15.4 Å². The fraction of sp³-hybridized carbons (Fsp3) is 0.417. The normalized spacial score (nSPS) is 10.6. The average Bonchev–Trinajstić information content (AvgIpc) is 2.36. The van der Waals surface area contributed by atoms with E-state index >= 15 is 0 Å². The summed E-state index contributed by atoms with van der Waals surface area (Å²) < 4.78 is 5.55. The average molecular weight is 418 g/mol. The van der Waals surface area contributed by atoms with Gasteiger partial charge in [0.05, 0.1) is 11.6 Å². The highest BCUT2D eigenvalue weighted by molar-refractivity contribution is 14.0. The lowest BCUT2D eigenvalue weighted by Gasteiger charge is -2.10. The van der Waals surface area contributed by atoms with Gasteiger partial charge in [0.1, 0.15) is 5.75 Å². The van der Waals surface area contributed by atoms with Crippen LogP contribution in [0.4, 0.5) is 0 Å². The van der Waals surface area contributed by atoms with Gasteiger partial charge in [-0.25, -0.2) is 0 Å². The predicted molar refractivity (Wildman–Crippen MR) is 92.4 cm³/mol. The third-order valence-corrected chi connectivity index (χ3v) is 2.76. The van der Waals surface area contributed by atoms with Crippen LogP contribution in [-0.2, 0) is 0 Å². The topological polar surface area (TPSA) is 45.7 Å². The monoisotopic (exact) mass is 417 g/mol. The Hall–Kier alpha value is -0.400. The van der Waals surface area contributed by atoms with E-state index in [2.05, 4.69) is 15.6 Å². The fourth-order valence-electron chi connectivity index (χ4n) is 1.33. The van der Waals surface area contributed by atoms with Gasteiger partial charge >= 0.3 is 0 Å². The van der Waals surface area contributed by atoms with E-state index in [1.807, 2.05) is 7.05 Å². The first-order valence-corrected chi connectivity index (χ1v) is 6.39. The summed E-state index contributed by atoms with van der Waals surface area (Å²) in [5.41, 5.74) is 0. The smallest absolute Gasteiger partial charge is 0.190 e. The van der Waals surface area contributed by atoms with Crippen LogP contribution in [0, 0.1) is 0 Å². The lowest BCUT2D eigenvalue weighted by Crippen LogP contribution is -2.35. The third-order valence-electron chi connectivity index (χ3n) is 2.23. The zero-order chi connectivity index (χ0) is 13.4. The van der Waals surface area contributed by atoms with Gasteiger partial charge in [-0.3, -0.25) is 4.99 Å². The molecule has 0 saturated carbocycles. The molecule has 1 aromatic rings. The van der Waals surface area contributed by atoms with E-state index < -0.39 is 0 Å². The molecule has 0 spiro atoms. The highest BCUT2D eigenvalue weighted by Crippen LogP contribution is 2.27. The van der Waals surface area contributed by atoms with E-state index in [-0.39, 0.29) is 24.0 Å². The summed E-state index contributed by atoms with van der Waals surface area (Å²) in [5.74, 6) is 1.42. The molecule has 1 aromatic carbocycles. The maximum absolute atomic E-state index is 5.98. The number of rotatable bonds is 5. The van der Waals surface area contributed by atoms with E-state index in [0.717, 1.165) is 18.9 Å². The summed E-state index contributed by atoms with van der Waals surface area (Å²) in [6, 6.07) is 5.19. The van der Waals surface area contributed by atoms with Crippen molar-refractivity contribution in [1.29, 1.82) is 0 Å². The van der Waals surface area contributed by atoms with Crippen LogP contribution in [0.3, 0.4) is 0 Å². The van der Waals surface area contributed by atoms with Gasteiger partial charge in [-0.05, 0) is 24.6 Å². The van der Waals surface area contributed by atoms with Crippen LogP contribution >= 0.6 is 47.2 Å². The molecule has 0 bridgehead atoms. The Balaban J connectivity index is 0.00000324. The molecule has 0 saturated heterocycles. The number of halogens is 3. The van der Waals surface area contributed by atoms with Crippen LogP contribution in [0.1, 0.15) is 6.42 Å². The number of ether oxygens (including phenoxy) is 1. The molecule has 1 rings (SSSR count). The zero-order valence-corrected chi connectivity index (χ0v) is 14.7. The number of nitrogens with one attached hydrogen (secondary N) is 2. The second-order valence-corrected chi connectivity index (χ2v) is 4.37. The maximum atomic E-state index is 5.98. The van der Waals surface area contributed by atoms with Crippen molar-refractivity contribution >= 4 is 53.1 Å². The van der Waals surface area contributed by atoms with Crippen LogP contribution in [0.25, 0.3) is 0 Å². The standard InChI is InChI=1S/C12H17Cl2N3O.HI/c1-15-12(16-2)17-6-3-7-18-11-5-4-9(13)8-10(11)14;/h4-5,8H,3,6-7H2,1-2H3,(H2,15,16,17);1H. The molecule has 0 amide bonds. The Kier molecular flexibility index (Phi) is 10.2. The molecular formula is C12H18Cl2IN3O. The minimum atomic E-state index is 0. The molecular weight excluding hydrogens is 400 g/mol. The Bertz CT molecular complexity index is 416. The maximum Gasteiger partial charge on any atom is 0.190 e. The van der Waals surface area contributed by atoms with Crippen molar-refractivity contribution < 1.29 is 4.74 Å². The van der Waals surface area contributed by atoms with Crippen LogP contribution in [-0.4, -0.2) is 33.2 Å². The van der Waals surface area contributed by atoms with Crippen molar-refractivity contribution in [1.82, 2.24) is 10.6 Å². The number of benzene rings is 1. The first kappa shape index (κ1) is 18.6. The Morgan fingerprint density at radius 1 is 1.37 bits per heavy atom. The molecule has 0 radical (unpaired) electrons. The fourth-order valence-corrected chi connectivity index (χ4v) is 1.80. The Morgan fingerprint density at radius 2 is 2.11 bits per heavy atom. The number of hydrogen-bond donors (Lipinski definition) is 2. The van der Waals surface area contributed by atoms with E-state index in [4.69, 9.17) is 27.9 Å². The number of guanidine groups is 1. The SMILES string of the molecule is CN=C(NC)NCCCOc1ccc(Cl)cc1Cl.I. The summed E-state index contributed by atoms with van der Waals surface area (Å²) in [4.78, 5) is 4.00. The van der Waals surface area contributed by atoms with Crippen molar-refractivity contribution in [2.45, 2.75) is 6.42 Å². The van der Waals surface area contributed by atoms with Crippen molar-refractivity contribution in [3.63, 3.8) is 0 Å². The largest absolute Gasteiger partial charge is 0.492 e. The molecule has 19 heavy (non-hydrogen) atoms. The number of aliphatic imine (C=N–C) groups is 1. The highest BCUT2D eigenvalue weighted by atomic mass is 127. The lowest BCUT2D eigenvalue weighted by molar-refractivity contribution is 0.311. The highest BCUT2D eigenvalue weighted by Gasteiger charge is 2.01. The zero-order valence-electron chi connectivity index (χ0n) is 10.9. The molecule has 0 heterocycles. The lowest BCUT2D eigenvalue weighted by atomic mass is 10.3. The van der Waals surface area contributed by atoms with E-state index in [1.165, 1.54) is 0 Å². The summed E-state index contributed by atoms with van der Waals surface area (Å²) in [5, 5.41) is 7.20. The van der Waals surface area contributed by atoms with E-state index in [9.17, 15) is 0 Å². The van der Waals surface area contributed by atoms with Gasteiger partial charge in [0.2, 0.25) is 0 Å². The van der Waals surface area contributed by atoms with Gasteiger partial charge in [0, 0.05) is 25.7 Å². The summed E-state index contributed by atoms with van der Waals surface area (Å²) in [6.45, 7) is 1.35. The van der Waals surface area contributed by atoms with Gasteiger partial charge < -0.3 is 15.4 Å². The second-order valence-electron chi connectivity index (χ2n) is 3.53. The number of hydrogen-bond acceptors (Lipinski definition) is 2. The van der Waals surface area contributed by atoms with E-state index in [0.29, 0.717) is 22.4 Å². The molecule has 0 aromatic heterocycles. The van der Waals surface area contributed by atoms with E-state index in [1.54, 1.807) is 25.2 Å². The number of nitrogens with zero attached hydrogens (tertiary/aromatic N) is 1. The molecule has 0 aliphatic rings. The third kappa shape index (κ3) is 7.08. The van der Waals surface area contributed by atoms with Crippen LogP contribution in [0.5, 0.6) is 5.75 Å². The molecule has 0 fully saturated rings. The van der Waals surface area contributed by atoms with Gasteiger partial charge in [0.15, 0.2) is 5.96 Å². The molecule has 0 atom stereocenters. The van der Waals surface area contributed by atoms with Gasteiger partial charge in [-0.15, -0.1) is 24.0 Å². The summed E-state index contributed by atoms with van der Waals surface area (Å²) >= 11 is 11.8. The molecule has 2 N–H and O–H groups in total. The minimum Gasteiger partial charge on any atom is -0.492 e. The van der Waals surface area contributed by atoms with Crippen molar-refractivity contribution in [2.24, 2.45) is 4.99 Å². The summed E-state index contributed by atoms with van der Waals surface area (Å²) in [7, 11) is 3.54. The molecule has 0 aliphatic heterocycles. The van der Waals surface area contributed by atoms with Crippen molar-refractivity contribution in [3.8, 4) is 5.75 Å². The molecule has 0 unspecified atom stereocenters. The van der Waals surface area contributed by atoms with Crippen molar-refractivity contribution in [2.75, 3.05) is 27.2 Å². The molecule has 0 aliphatic carbocycles.